The first-order chi connectivity index (χ1) is 7.47. The summed E-state index contributed by atoms with van der Waals surface area (Å²) in [5.41, 5.74) is -0.197. The molecule has 0 radical (unpaired) electrons. The van der Waals surface area contributed by atoms with Crippen LogP contribution >= 0.6 is 0 Å². The SMILES string of the molecule is CCCCS(=O)(=O)c1cccc([N+](=O)[O-])c1. The van der Waals surface area contributed by atoms with Crippen LogP contribution < -0.4 is 0 Å². The van der Waals surface area contributed by atoms with Crippen molar-refractivity contribution < 1.29 is 13.3 Å². The average Bonchev–Trinajstić information content (AvgIpc) is 2.26. The number of rotatable bonds is 5. The predicted molar refractivity (Wildman–Crippen MR) is 60.1 cm³/mol. The van der Waals surface area contributed by atoms with Crippen LogP contribution in [0.4, 0.5) is 5.69 Å². The van der Waals surface area contributed by atoms with E-state index in [9.17, 15) is 18.5 Å². The molecule has 0 aliphatic rings. The standard InChI is InChI=1S/C10H13NO4S/c1-2-3-7-16(14,15)10-6-4-5-9(8-10)11(12)13/h4-6,8H,2-3,7H2,1H3. The second-order valence-corrected chi connectivity index (χ2v) is 5.54. The summed E-state index contributed by atoms with van der Waals surface area (Å²) in [5.74, 6) is 0.0324. The molecule has 0 saturated heterocycles. The van der Waals surface area contributed by atoms with Gasteiger partial charge >= 0.3 is 0 Å². The fourth-order valence-electron chi connectivity index (χ4n) is 1.24. The summed E-state index contributed by atoms with van der Waals surface area (Å²) < 4.78 is 23.5. The van der Waals surface area contributed by atoms with Gasteiger partial charge in [0.1, 0.15) is 0 Å². The lowest BCUT2D eigenvalue weighted by Crippen LogP contribution is -2.06. The molecule has 0 aliphatic carbocycles. The molecule has 0 saturated carbocycles. The van der Waals surface area contributed by atoms with Gasteiger partial charge in [-0.3, -0.25) is 10.1 Å². The van der Waals surface area contributed by atoms with Gasteiger partial charge in [0, 0.05) is 12.1 Å². The maximum atomic E-state index is 11.7. The van der Waals surface area contributed by atoms with Crippen LogP contribution in [0.3, 0.4) is 0 Å². The Morgan fingerprint density at radius 2 is 2.06 bits per heavy atom. The van der Waals surface area contributed by atoms with E-state index >= 15 is 0 Å². The number of hydrogen-bond donors (Lipinski definition) is 0. The molecular weight excluding hydrogens is 230 g/mol. The van der Waals surface area contributed by atoms with E-state index in [1.165, 1.54) is 18.2 Å². The van der Waals surface area contributed by atoms with Gasteiger partial charge in [-0.1, -0.05) is 19.4 Å². The van der Waals surface area contributed by atoms with E-state index in [0.29, 0.717) is 6.42 Å². The summed E-state index contributed by atoms with van der Waals surface area (Å²) in [6.45, 7) is 1.89. The van der Waals surface area contributed by atoms with Crippen LogP contribution in [0, 0.1) is 10.1 Å². The number of nitro benzene ring substituents is 1. The molecule has 5 nitrogen and oxygen atoms in total. The van der Waals surface area contributed by atoms with Crippen molar-refractivity contribution in [3.63, 3.8) is 0 Å². The van der Waals surface area contributed by atoms with E-state index in [1.807, 2.05) is 6.92 Å². The van der Waals surface area contributed by atoms with Crippen molar-refractivity contribution in [1.29, 1.82) is 0 Å². The van der Waals surface area contributed by atoms with Crippen LogP contribution in [0.15, 0.2) is 29.2 Å². The molecular formula is C10H13NO4S. The molecule has 0 amide bonds. The highest BCUT2D eigenvalue weighted by Gasteiger charge is 2.16. The highest BCUT2D eigenvalue weighted by molar-refractivity contribution is 7.91. The molecule has 0 unspecified atom stereocenters. The van der Waals surface area contributed by atoms with Gasteiger partial charge in [0.25, 0.3) is 5.69 Å². The largest absolute Gasteiger partial charge is 0.270 e. The Kier molecular flexibility index (Phi) is 4.00. The molecule has 1 aromatic rings. The van der Waals surface area contributed by atoms with Gasteiger partial charge in [0.05, 0.1) is 15.6 Å². The number of non-ortho nitro benzene ring substituents is 1. The van der Waals surface area contributed by atoms with Crippen molar-refractivity contribution in [3.8, 4) is 0 Å². The predicted octanol–water partition coefficient (Wildman–Crippen LogP) is 2.17. The van der Waals surface area contributed by atoms with E-state index in [-0.39, 0.29) is 16.3 Å². The van der Waals surface area contributed by atoms with Crippen LogP contribution in [-0.2, 0) is 9.84 Å². The Labute approximate surface area is 94.2 Å². The Bertz CT molecular complexity index is 481. The first kappa shape index (κ1) is 12.6. The zero-order valence-electron chi connectivity index (χ0n) is 8.92. The number of unbranched alkanes of at least 4 members (excludes halogenated alkanes) is 1. The fourth-order valence-corrected chi connectivity index (χ4v) is 2.73. The van der Waals surface area contributed by atoms with Gasteiger partial charge in [-0.2, -0.15) is 0 Å². The van der Waals surface area contributed by atoms with Crippen molar-refractivity contribution in [2.45, 2.75) is 24.7 Å². The van der Waals surface area contributed by atoms with Gasteiger partial charge in [0.2, 0.25) is 0 Å². The van der Waals surface area contributed by atoms with Gasteiger partial charge in [-0.25, -0.2) is 8.42 Å². The zero-order valence-corrected chi connectivity index (χ0v) is 9.74. The Morgan fingerprint density at radius 1 is 1.38 bits per heavy atom. The number of nitrogens with zero attached hydrogens (tertiary/aromatic N) is 1. The van der Waals surface area contributed by atoms with Gasteiger partial charge in [0.15, 0.2) is 9.84 Å². The summed E-state index contributed by atoms with van der Waals surface area (Å²) in [6, 6.07) is 5.15. The Balaban J connectivity index is 3.04. The molecule has 6 heteroatoms. The van der Waals surface area contributed by atoms with E-state index < -0.39 is 14.8 Å². The third kappa shape index (κ3) is 3.03. The van der Waals surface area contributed by atoms with E-state index in [2.05, 4.69) is 0 Å². The smallest absolute Gasteiger partial charge is 0.258 e. The van der Waals surface area contributed by atoms with Crippen molar-refractivity contribution in [2.24, 2.45) is 0 Å². The van der Waals surface area contributed by atoms with Crippen molar-refractivity contribution in [1.82, 2.24) is 0 Å². The quantitative estimate of drug-likeness (QED) is 0.586. The highest BCUT2D eigenvalue weighted by Crippen LogP contribution is 2.19. The minimum Gasteiger partial charge on any atom is -0.258 e. The molecule has 1 aromatic carbocycles. The number of sulfone groups is 1. The van der Waals surface area contributed by atoms with E-state index in [4.69, 9.17) is 0 Å². The third-order valence-corrected chi connectivity index (χ3v) is 3.95. The maximum Gasteiger partial charge on any atom is 0.270 e. The van der Waals surface area contributed by atoms with Crippen LogP contribution in [-0.4, -0.2) is 19.1 Å². The maximum absolute atomic E-state index is 11.7. The summed E-state index contributed by atoms with van der Waals surface area (Å²) >= 11 is 0. The van der Waals surface area contributed by atoms with E-state index in [0.717, 1.165) is 12.5 Å². The van der Waals surface area contributed by atoms with Crippen LogP contribution in [0.2, 0.25) is 0 Å². The second-order valence-electron chi connectivity index (χ2n) is 3.43. The summed E-state index contributed by atoms with van der Waals surface area (Å²) in [5, 5.41) is 10.5. The Hall–Kier alpha value is -1.43. The fraction of sp³-hybridized carbons (Fsp3) is 0.400. The van der Waals surface area contributed by atoms with Crippen molar-refractivity contribution in [2.75, 3.05) is 5.75 Å². The number of benzene rings is 1. The lowest BCUT2D eigenvalue weighted by Gasteiger charge is -2.02. The monoisotopic (exact) mass is 243 g/mol. The second kappa shape index (κ2) is 5.07. The first-order valence-corrected chi connectivity index (χ1v) is 6.60. The molecule has 0 N–H and O–H groups in total. The first-order valence-electron chi connectivity index (χ1n) is 4.94. The van der Waals surface area contributed by atoms with Gasteiger partial charge < -0.3 is 0 Å². The molecule has 0 aliphatic heterocycles. The molecule has 16 heavy (non-hydrogen) atoms. The van der Waals surface area contributed by atoms with Crippen LogP contribution in [0.5, 0.6) is 0 Å². The minimum atomic E-state index is -3.38. The topological polar surface area (TPSA) is 77.3 Å². The third-order valence-electron chi connectivity index (χ3n) is 2.15. The highest BCUT2D eigenvalue weighted by atomic mass is 32.2. The molecule has 0 spiro atoms. The van der Waals surface area contributed by atoms with Crippen LogP contribution in [0.25, 0.3) is 0 Å². The molecule has 0 bridgehead atoms. The molecule has 88 valence electrons. The minimum absolute atomic E-state index is 0.0233. The molecule has 0 fully saturated rings. The van der Waals surface area contributed by atoms with Crippen molar-refractivity contribution in [3.05, 3.63) is 34.4 Å². The molecule has 0 heterocycles. The summed E-state index contributed by atoms with van der Waals surface area (Å²) in [4.78, 5) is 9.93. The van der Waals surface area contributed by atoms with Crippen LogP contribution in [0.1, 0.15) is 19.8 Å². The number of nitro groups is 1. The number of hydrogen-bond acceptors (Lipinski definition) is 4. The normalized spacial score (nSPS) is 11.3. The van der Waals surface area contributed by atoms with Gasteiger partial charge in [-0.05, 0) is 12.5 Å². The average molecular weight is 243 g/mol. The van der Waals surface area contributed by atoms with E-state index in [1.54, 1.807) is 0 Å². The zero-order chi connectivity index (χ0) is 12.2. The van der Waals surface area contributed by atoms with Gasteiger partial charge in [-0.15, -0.1) is 0 Å². The Morgan fingerprint density at radius 3 is 2.62 bits per heavy atom. The summed E-state index contributed by atoms with van der Waals surface area (Å²) in [7, 11) is -3.38. The molecule has 0 atom stereocenters. The molecule has 1 rings (SSSR count). The lowest BCUT2D eigenvalue weighted by atomic mass is 10.3. The van der Waals surface area contributed by atoms with Crippen molar-refractivity contribution >= 4 is 15.5 Å². The lowest BCUT2D eigenvalue weighted by molar-refractivity contribution is -0.385. The molecule has 0 aromatic heterocycles. The summed E-state index contributed by atoms with van der Waals surface area (Å²) in [6.07, 6.45) is 1.33.